The van der Waals surface area contributed by atoms with Gasteiger partial charge in [0.15, 0.2) is 5.82 Å². The number of nitrogens with zero attached hydrogens (tertiary/aromatic N) is 2. The van der Waals surface area contributed by atoms with Gasteiger partial charge in [0.1, 0.15) is 5.75 Å². The van der Waals surface area contributed by atoms with E-state index in [0.717, 1.165) is 48.4 Å². The lowest BCUT2D eigenvalue weighted by molar-refractivity contribution is 0.234. The molecule has 1 aliphatic carbocycles. The van der Waals surface area contributed by atoms with Gasteiger partial charge in [0, 0.05) is 18.0 Å². The summed E-state index contributed by atoms with van der Waals surface area (Å²) >= 11 is 0. The Hall–Kier alpha value is -1.90. The van der Waals surface area contributed by atoms with Crippen molar-refractivity contribution in [3.05, 3.63) is 42.2 Å². The van der Waals surface area contributed by atoms with Gasteiger partial charge < -0.3 is 4.74 Å². The van der Waals surface area contributed by atoms with E-state index in [4.69, 9.17) is 4.74 Å². The highest BCUT2D eigenvalue weighted by atomic mass is 16.5. The van der Waals surface area contributed by atoms with Gasteiger partial charge in [-0.1, -0.05) is 84.5 Å². The molecule has 0 atom stereocenters. The van der Waals surface area contributed by atoms with Gasteiger partial charge in [0.05, 0.1) is 6.61 Å². The minimum atomic E-state index is 0.799. The highest BCUT2D eigenvalue weighted by Crippen LogP contribution is 2.33. The van der Waals surface area contributed by atoms with E-state index in [-0.39, 0.29) is 0 Å². The summed E-state index contributed by atoms with van der Waals surface area (Å²) in [5.41, 5.74) is 2.30. The Morgan fingerprint density at radius 1 is 0.758 bits per heavy atom. The highest BCUT2D eigenvalue weighted by Gasteiger charge is 2.19. The van der Waals surface area contributed by atoms with Crippen LogP contribution in [-0.2, 0) is 6.42 Å². The molecule has 0 aliphatic heterocycles. The number of ether oxygens (including phenoxy) is 1. The molecule has 0 spiro atoms. The first-order valence-electron chi connectivity index (χ1n) is 13.8. The van der Waals surface area contributed by atoms with Crippen molar-refractivity contribution in [2.24, 2.45) is 11.8 Å². The summed E-state index contributed by atoms with van der Waals surface area (Å²) in [7, 11) is 0. The Morgan fingerprint density at radius 2 is 1.39 bits per heavy atom. The van der Waals surface area contributed by atoms with Crippen LogP contribution in [0.1, 0.15) is 109 Å². The fourth-order valence-corrected chi connectivity index (χ4v) is 5.11. The third-order valence-electron chi connectivity index (χ3n) is 7.46. The lowest BCUT2D eigenvalue weighted by Crippen LogP contribution is -2.14. The third-order valence-corrected chi connectivity index (χ3v) is 7.46. The monoisotopic (exact) mass is 450 g/mol. The molecule has 0 saturated heterocycles. The largest absolute Gasteiger partial charge is 0.494 e. The molecule has 1 aliphatic rings. The molecule has 3 heteroatoms. The molecular formula is C30H46N2O. The van der Waals surface area contributed by atoms with E-state index in [2.05, 4.69) is 48.1 Å². The summed E-state index contributed by atoms with van der Waals surface area (Å²) in [4.78, 5) is 9.21. The van der Waals surface area contributed by atoms with Crippen molar-refractivity contribution in [2.75, 3.05) is 6.61 Å². The molecule has 1 saturated carbocycles. The van der Waals surface area contributed by atoms with E-state index in [9.17, 15) is 0 Å². The quantitative estimate of drug-likeness (QED) is 0.254. The van der Waals surface area contributed by atoms with Gasteiger partial charge in [-0.15, -0.1) is 0 Å². The number of aryl methyl sites for hydroxylation is 1. The molecule has 0 radical (unpaired) electrons. The number of unbranched alkanes of at least 4 members (excludes halogenated alkanes) is 6. The molecule has 33 heavy (non-hydrogen) atoms. The molecule has 0 bridgehead atoms. The first-order valence-corrected chi connectivity index (χ1v) is 13.8. The molecule has 0 N–H and O–H groups in total. The molecule has 1 aromatic heterocycles. The molecule has 0 unspecified atom stereocenters. The smallest absolute Gasteiger partial charge is 0.159 e. The summed E-state index contributed by atoms with van der Waals surface area (Å²) in [5, 5.41) is 0. The summed E-state index contributed by atoms with van der Waals surface area (Å²) in [6.45, 7) is 5.42. The Balaban J connectivity index is 1.32. The molecule has 182 valence electrons. The van der Waals surface area contributed by atoms with Crippen LogP contribution in [-0.4, -0.2) is 16.6 Å². The fourth-order valence-electron chi connectivity index (χ4n) is 5.11. The molecular weight excluding hydrogens is 404 g/mol. The molecule has 3 rings (SSSR count). The van der Waals surface area contributed by atoms with Gasteiger partial charge >= 0.3 is 0 Å². The first kappa shape index (κ1) is 25.7. The predicted octanol–water partition coefficient (Wildman–Crippen LogP) is 8.81. The zero-order valence-electron chi connectivity index (χ0n) is 21.2. The predicted molar refractivity (Wildman–Crippen MR) is 140 cm³/mol. The first-order chi connectivity index (χ1) is 16.3. The molecule has 1 aromatic carbocycles. The Labute approximate surface area is 202 Å². The highest BCUT2D eigenvalue weighted by molar-refractivity contribution is 5.55. The van der Waals surface area contributed by atoms with Gasteiger partial charge in [-0.2, -0.15) is 0 Å². The van der Waals surface area contributed by atoms with Crippen LogP contribution in [0.25, 0.3) is 11.4 Å². The minimum absolute atomic E-state index is 0.799. The van der Waals surface area contributed by atoms with Crippen LogP contribution < -0.4 is 4.74 Å². The van der Waals surface area contributed by atoms with E-state index < -0.39 is 0 Å². The maximum Gasteiger partial charge on any atom is 0.159 e. The second kappa shape index (κ2) is 15.1. The summed E-state index contributed by atoms with van der Waals surface area (Å²) in [5.74, 6) is 3.66. The van der Waals surface area contributed by atoms with Crippen LogP contribution in [0.5, 0.6) is 5.75 Å². The number of rotatable bonds is 15. The molecule has 1 fully saturated rings. The van der Waals surface area contributed by atoms with Crippen LogP contribution in [0.3, 0.4) is 0 Å². The van der Waals surface area contributed by atoms with Crippen LogP contribution >= 0.6 is 0 Å². The van der Waals surface area contributed by atoms with Crippen molar-refractivity contribution in [1.82, 2.24) is 9.97 Å². The Kier molecular flexibility index (Phi) is 11.8. The number of hydrogen-bond donors (Lipinski definition) is 0. The van der Waals surface area contributed by atoms with Crippen LogP contribution in [0.4, 0.5) is 0 Å². The molecule has 2 aromatic rings. The average molecular weight is 451 g/mol. The van der Waals surface area contributed by atoms with Crippen molar-refractivity contribution >= 4 is 0 Å². The maximum atomic E-state index is 5.99. The van der Waals surface area contributed by atoms with Gasteiger partial charge in [0.2, 0.25) is 0 Å². The van der Waals surface area contributed by atoms with Gasteiger partial charge in [-0.3, -0.25) is 0 Å². The summed E-state index contributed by atoms with van der Waals surface area (Å²) in [6.07, 6.45) is 24.0. The van der Waals surface area contributed by atoms with E-state index in [1.54, 1.807) is 0 Å². The SMILES string of the molecule is CCCCCCCCCc1cnc(-c2ccc(OCCCC3CCC(CC)CC3)cc2)nc1. The maximum absolute atomic E-state index is 5.99. The van der Waals surface area contributed by atoms with E-state index in [1.807, 2.05) is 12.4 Å². The molecule has 1 heterocycles. The van der Waals surface area contributed by atoms with Gasteiger partial charge in [-0.25, -0.2) is 9.97 Å². The Morgan fingerprint density at radius 3 is 2.06 bits per heavy atom. The van der Waals surface area contributed by atoms with Crippen LogP contribution in [0.15, 0.2) is 36.7 Å². The lowest BCUT2D eigenvalue weighted by atomic mass is 9.79. The summed E-state index contributed by atoms with van der Waals surface area (Å²) < 4.78 is 5.99. The van der Waals surface area contributed by atoms with Crippen LogP contribution in [0, 0.1) is 11.8 Å². The second-order valence-electron chi connectivity index (χ2n) is 10.1. The minimum Gasteiger partial charge on any atom is -0.494 e. The topological polar surface area (TPSA) is 35.0 Å². The average Bonchev–Trinajstić information content (AvgIpc) is 2.87. The molecule has 3 nitrogen and oxygen atoms in total. The molecule has 0 amide bonds. The van der Waals surface area contributed by atoms with E-state index in [0.29, 0.717) is 0 Å². The normalized spacial score (nSPS) is 18.4. The van der Waals surface area contributed by atoms with E-state index in [1.165, 1.54) is 89.0 Å². The third kappa shape index (κ3) is 9.47. The fraction of sp³-hybridized carbons (Fsp3) is 0.667. The summed E-state index contributed by atoms with van der Waals surface area (Å²) in [6, 6.07) is 8.26. The Bertz CT molecular complexity index is 748. The van der Waals surface area contributed by atoms with Gasteiger partial charge in [0.25, 0.3) is 0 Å². The lowest BCUT2D eigenvalue weighted by Gasteiger charge is -2.27. The standard InChI is InChI=1S/C30H46N2O/c1-3-5-6-7-8-9-10-12-27-23-31-30(32-24-27)28-18-20-29(21-19-28)33-22-11-13-26-16-14-25(4-2)15-17-26/h18-21,23-26H,3-17,22H2,1-2H3. The van der Waals surface area contributed by atoms with Crippen molar-refractivity contribution in [3.63, 3.8) is 0 Å². The van der Waals surface area contributed by atoms with Crippen molar-refractivity contribution < 1.29 is 4.74 Å². The van der Waals surface area contributed by atoms with Crippen molar-refractivity contribution in [3.8, 4) is 17.1 Å². The number of aromatic nitrogens is 2. The van der Waals surface area contributed by atoms with Crippen LogP contribution in [0.2, 0.25) is 0 Å². The van der Waals surface area contributed by atoms with E-state index >= 15 is 0 Å². The van der Waals surface area contributed by atoms with Gasteiger partial charge in [-0.05, 0) is 67.3 Å². The number of benzene rings is 1. The van der Waals surface area contributed by atoms with Crippen molar-refractivity contribution in [2.45, 2.75) is 110 Å². The zero-order chi connectivity index (χ0) is 23.1. The zero-order valence-corrected chi connectivity index (χ0v) is 21.2. The second-order valence-corrected chi connectivity index (χ2v) is 10.1. The van der Waals surface area contributed by atoms with Crippen molar-refractivity contribution in [1.29, 1.82) is 0 Å². The number of hydrogen-bond acceptors (Lipinski definition) is 3.